The molecule has 0 saturated heterocycles. The Labute approximate surface area is 189 Å². The zero-order valence-electron chi connectivity index (χ0n) is 17.6. The first kappa shape index (κ1) is 19.8. The zero-order valence-corrected chi connectivity index (χ0v) is 19.3. The predicted octanol–water partition coefficient (Wildman–Crippen LogP) is 5.64. The number of carboxylic acids is 1. The molecular weight excluding hydrogens is 428 g/mol. The molecular formula is C24H26N2O3S2. The fraction of sp³-hybridized carbons (Fsp3) is 0.583. The third-order valence-corrected chi connectivity index (χ3v) is 9.69. The van der Waals surface area contributed by atoms with Crippen molar-refractivity contribution >= 4 is 34.6 Å². The molecule has 2 aromatic heterocycles. The third-order valence-electron chi connectivity index (χ3n) is 7.49. The number of aliphatic carboxylic acids is 1. The van der Waals surface area contributed by atoms with Crippen molar-refractivity contribution in [2.24, 2.45) is 11.8 Å². The number of nitrogens with zero attached hydrogens (tertiary/aromatic N) is 2. The predicted molar refractivity (Wildman–Crippen MR) is 121 cm³/mol. The Morgan fingerprint density at radius 3 is 2.16 bits per heavy atom. The number of allylic oxidation sites excluding steroid dienone is 1. The largest absolute Gasteiger partial charge is 0.478 e. The van der Waals surface area contributed by atoms with Gasteiger partial charge in [-0.25, -0.2) is 9.78 Å². The molecule has 5 nitrogen and oxygen atoms in total. The number of Topliss-reactive ketones (excluding diaryl/α,β-unsaturated/α-hetero) is 1. The van der Waals surface area contributed by atoms with Crippen LogP contribution >= 0.6 is 22.9 Å². The maximum atomic E-state index is 13.5. The van der Waals surface area contributed by atoms with Crippen LogP contribution in [0, 0.1) is 18.8 Å². The standard InChI is InChI=1S/C24H26N2O3S2/c1-11-18(23-25-22(26-31-23)15-8-9-15)17(30-21(11)14-6-7-14)10-16(27)19-12-2-4-13(5-3-12)20(19)24(28)29/h12-15H,2-10H2,1H3,(H,28,29). The summed E-state index contributed by atoms with van der Waals surface area (Å²) in [6.07, 6.45) is 8.80. The highest BCUT2D eigenvalue weighted by Crippen LogP contribution is 2.51. The molecule has 162 valence electrons. The van der Waals surface area contributed by atoms with Gasteiger partial charge in [0.15, 0.2) is 5.78 Å². The maximum absolute atomic E-state index is 13.5. The number of hydrogen-bond donors (Lipinski definition) is 1. The van der Waals surface area contributed by atoms with Gasteiger partial charge in [0, 0.05) is 38.8 Å². The molecule has 0 aliphatic heterocycles. The van der Waals surface area contributed by atoms with E-state index < -0.39 is 5.97 Å². The molecule has 3 fully saturated rings. The van der Waals surface area contributed by atoms with E-state index in [1.54, 1.807) is 11.3 Å². The van der Waals surface area contributed by atoms with E-state index in [0.717, 1.165) is 47.0 Å². The topological polar surface area (TPSA) is 80.2 Å². The van der Waals surface area contributed by atoms with Crippen LogP contribution in [0.1, 0.15) is 84.3 Å². The summed E-state index contributed by atoms with van der Waals surface area (Å²) < 4.78 is 4.61. The zero-order chi connectivity index (χ0) is 21.3. The van der Waals surface area contributed by atoms with Crippen LogP contribution in [-0.2, 0) is 16.0 Å². The molecule has 0 aromatic carbocycles. The molecule has 0 amide bonds. The average molecular weight is 455 g/mol. The van der Waals surface area contributed by atoms with E-state index in [4.69, 9.17) is 4.98 Å². The summed E-state index contributed by atoms with van der Waals surface area (Å²) in [4.78, 5) is 32.8. The Kier molecular flexibility index (Phi) is 4.69. The van der Waals surface area contributed by atoms with E-state index in [9.17, 15) is 14.7 Å². The number of hydrogen-bond acceptors (Lipinski definition) is 6. The van der Waals surface area contributed by atoms with Gasteiger partial charge in [-0.2, -0.15) is 4.37 Å². The second-order valence-corrected chi connectivity index (χ2v) is 11.6. The SMILES string of the molecule is Cc1c(C2CC2)sc(CC(=O)C2=C(C(=O)O)C3CCC2CC3)c1-c1nc(C2CC2)ns1. The Hall–Kier alpha value is -1.86. The van der Waals surface area contributed by atoms with Crippen LogP contribution in [0.5, 0.6) is 0 Å². The lowest BCUT2D eigenvalue weighted by Crippen LogP contribution is -2.34. The number of rotatable bonds is 7. The highest BCUT2D eigenvalue weighted by atomic mass is 32.1. The molecule has 7 heteroatoms. The number of fused-ring (bicyclic) bond motifs is 2. The van der Waals surface area contributed by atoms with Crippen LogP contribution < -0.4 is 0 Å². The summed E-state index contributed by atoms with van der Waals surface area (Å²) in [6, 6.07) is 0. The maximum Gasteiger partial charge on any atom is 0.332 e. The third kappa shape index (κ3) is 3.41. The van der Waals surface area contributed by atoms with Crippen LogP contribution in [0.15, 0.2) is 11.1 Å². The number of aromatic nitrogens is 2. The number of carbonyl (C=O) groups excluding carboxylic acids is 1. The first-order chi connectivity index (χ1) is 15.0. The quantitative estimate of drug-likeness (QED) is 0.585. The molecule has 2 heterocycles. The lowest BCUT2D eigenvalue weighted by molar-refractivity contribution is -0.134. The van der Waals surface area contributed by atoms with Crippen molar-refractivity contribution in [3.8, 4) is 10.6 Å². The van der Waals surface area contributed by atoms with Gasteiger partial charge in [-0.3, -0.25) is 4.79 Å². The summed E-state index contributed by atoms with van der Waals surface area (Å²) >= 11 is 3.21. The Morgan fingerprint density at radius 2 is 1.55 bits per heavy atom. The number of ketones is 1. The first-order valence-electron chi connectivity index (χ1n) is 11.5. The molecule has 5 aliphatic carbocycles. The van der Waals surface area contributed by atoms with Crippen LogP contribution in [0.4, 0.5) is 0 Å². The lowest BCUT2D eigenvalue weighted by Gasteiger charge is -2.38. The molecule has 0 spiro atoms. The van der Waals surface area contributed by atoms with Gasteiger partial charge in [-0.1, -0.05) is 0 Å². The van der Waals surface area contributed by atoms with Crippen LogP contribution in [0.25, 0.3) is 10.6 Å². The van der Waals surface area contributed by atoms with Gasteiger partial charge >= 0.3 is 5.97 Å². The lowest BCUT2D eigenvalue weighted by atomic mass is 9.65. The number of carboxylic acid groups (broad SMARTS) is 1. The molecule has 3 saturated carbocycles. The molecule has 5 aliphatic rings. The van der Waals surface area contributed by atoms with E-state index in [2.05, 4.69) is 11.3 Å². The van der Waals surface area contributed by atoms with Crippen LogP contribution in [-0.4, -0.2) is 26.2 Å². The van der Waals surface area contributed by atoms with Gasteiger partial charge in [-0.05, 0) is 93.1 Å². The molecule has 2 aromatic rings. The van der Waals surface area contributed by atoms with Crippen molar-refractivity contribution in [1.82, 2.24) is 9.36 Å². The molecule has 31 heavy (non-hydrogen) atoms. The van der Waals surface area contributed by atoms with E-state index in [1.165, 1.54) is 47.7 Å². The van der Waals surface area contributed by atoms with E-state index >= 15 is 0 Å². The van der Waals surface area contributed by atoms with Crippen molar-refractivity contribution < 1.29 is 14.7 Å². The van der Waals surface area contributed by atoms with E-state index in [0.29, 0.717) is 29.4 Å². The van der Waals surface area contributed by atoms with Crippen molar-refractivity contribution in [3.05, 3.63) is 32.3 Å². The van der Waals surface area contributed by atoms with Crippen molar-refractivity contribution in [3.63, 3.8) is 0 Å². The smallest absolute Gasteiger partial charge is 0.332 e. The van der Waals surface area contributed by atoms with Crippen molar-refractivity contribution in [2.45, 2.75) is 76.5 Å². The molecule has 7 rings (SSSR count). The number of carbonyl (C=O) groups is 2. The van der Waals surface area contributed by atoms with Crippen molar-refractivity contribution in [1.29, 1.82) is 0 Å². The molecule has 1 N–H and O–H groups in total. The van der Waals surface area contributed by atoms with Gasteiger partial charge < -0.3 is 5.11 Å². The van der Waals surface area contributed by atoms with Crippen molar-refractivity contribution in [2.75, 3.05) is 0 Å². The normalized spacial score (nSPS) is 25.3. The van der Waals surface area contributed by atoms with Gasteiger partial charge in [-0.15, -0.1) is 11.3 Å². The number of thiophene rings is 1. The summed E-state index contributed by atoms with van der Waals surface area (Å²) in [5, 5.41) is 10.8. The monoisotopic (exact) mass is 454 g/mol. The molecule has 0 atom stereocenters. The Bertz CT molecular complexity index is 1110. The van der Waals surface area contributed by atoms with Crippen LogP contribution in [0.2, 0.25) is 0 Å². The highest BCUT2D eigenvalue weighted by molar-refractivity contribution is 7.14. The Morgan fingerprint density at radius 1 is 0.935 bits per heavy atom. The van der Waals surface area contributed by atoms with Gasteiger partial charge in [0.2, 0.25) is 0 Å². The Balaban J connectivity index is 1.39. The minimum atomic E-state index is -0.891. The summed E-state index contributed by atoms with van der Waals surface area (Å²) in [7, 11) is 0. The average Bonchev–Trinajstić information content (AvgIpc) is 3.70. The van der Waals surface area contributed by atoms with E-state index in [-0.39, 0.29) is 17.6 Å². The summed E-state index contributed by atoms with van der Waals surface area (Å²) in [5.41, 5.74) is 3.39. The fourth-order valence-electron chi connectivity index (χ4n) is 5.59. The summed E-state index contributed by atoms with van der Waals surface area (Å²) in [5.74, 6) is 1.38. The summed E-state index contributed by atoms with van der Waals surface area (Å²) in [6.45, 7) is 2.16. The fourth-order valence-corrected chi connectivity index (χ4v) is 8.01. The van der Waals surface area contributed by atoms with Gasteiger partial charge in [0.25, 0.3) is 0 Å². The second-order valence-electron chi connectivity index (χ2n) is 9.68. The van der Waals surface area contributed by atoms with E-state index in [1.807, 2.05) is 0 Å². The minimum absolute atomic E-state index is 0.0172. The van der Waals surface area contributed by atoms with Gasteiger partial charge in [0.1, 0.15) is 10.8 Å². The first-order valence-corrected chi connectivity index (χ1v) is 13.1. The minimum Gasteiger partial charge on any atom is -0.478 e. The van der Waals surface area contributed by atoms with Crippen LogP contribution in [0.3, 0.4) is 0 Å². The second kappa shape index (κ2) is 7.34. The van der Waals surface area contributed by atoms with Gasteiger partial charge in [0.05, 0.1) is 0 Å². The highest BCUT2D eigenvalue weighted by Gasteiger charge is 2.41. The molecule has 2 bridgehead atoms. The molecule has 0 radical (unpaired) electrons. The molecule has 0 unspecified atom stereocenters.